The van der Waals surface area contributed by atoms with Crippen molar-refractivity contribution in [3.05, 3.63) is 48.0 Å². The third-order valence-corrected chi connectivity index (χ3v) is 3.94. The third kappa shape index (κ3) is 3.69. The molecule has 2 aromatic rings. The van der Waals surface area contributed by atoms with Crippen LogP contribution in [-0.2, 0) is 9.53 Å². The molecule has 1 aliphatic rings. The summed E-state index contributed by atoms with van der Waals surface area (Å²) >= 11 is 0. The Morgan fingerprint density at radius 1 is 1.42 bits per heavy atom. The zero-order valence-corrected chi connectivity index (χ0v) is 13.9. The number of halogens is 1. The minimum atomic E-state index is -0.593. The van der Waals surface area contributed by atoms with Crippen LogP contribution in [0.2, 0.25) is 0 Å². The third-order valence-electron chi connectivity index (χ3n) is 3.94. The van der Waals surface area contributed by atoms with Crippen molar-refractivity contribution < 1.29 is 23.5 Å². The van der Waals surface area contributed by atoms with Crippen LogP contribution in [0.4, 0.5) is 14.9 Å². The van der Waals surface area contributed by atoms with E-state index in [2.05, 4.69) is 10.3 Å². The smallest absolute Gasteiger partial charge is 0.414 e. The van der Waals surface area contributed by atoms with Crippen molar-refractivity contribution in [1.29, 1.82) is 0 Å². The Bertz CT molecular complexity index is 854. The molecule has 1 saturated heterocycles. The number of pyridine rings is 1. The molecule has 26 heavy (non-hydrogen) atoms. The number of rotatable bonds is 5. The van der Waals surface area contributed by atoms with Crippen molar-refractivity contribution >= 4 is 24.0 Å². The van der Waals surface area contributed by atoms with Gasteiger partial charge in [0.1, 0.15) is 17.6 Å². The fourth-order valence-corrected chi connectivity index (χ4v) is 2.64. The first-order chi connectivity index (χ1) is 12.5. The summed E-state index contributed by atoms with van der Waals surface area (Å²) in [7, 11) is 0. The van der Waals surface area contributed by atoms with Gasteiger partial charge in [0.15, 0.2) is 6.29 Å². The molecule has 0 radical (unpaired) electrons. The number of ether oxygens (including phenoxy) is 1. The van der Waals surface area contributed by atoms with E-state index >= 15 is 0 Å². The number of hydrogen-bond donors (Lipinski definition) is 1. The van der Waals surface area contributed by atoms with Crippen LogP contribution < -0.4 is 10.2 Å². The van der Waals surface area contributed by atoms with Crippen molar-refractivity contribution in [2.24, 2.45) is 0 Å². The number of amides is 2. The highest BCUT2D eigenvalue weighted by atomic mass is 19.1. The lowest BCUT2D eigenvalue weighted by molar-refractivity contribution is -0.119. The summed E-state index contributed by atoms with van der Waals surface area (Å²) in [6.45, 7) is 1.79. The Morgan fingerprint density at radius 3 is 2.85 bits per heavy atom. The summed E-state index contributed by atoms with van der Waals surface area (Å²) in [6.07, 6.45) is 0.938. The molecule has 0 aliphatic carbocycles. The maximum absolute atomic E-state index is 14.5. The highest BCUT2D eigenvalue weighted by molar-refractivity contribution is 5.90. The molecule has 134 valence electrons. The molecule has 1 atom stereocenters. The van der Waals surface area contributed by atoms with Crippen LogP contribution in [0, 0.1) is 5.82 Å². The van der Waals surface area contributed by atoms with Gasteiger partial charge >= 0.3 is 6.09 Å². The van der Waals surface area contributed by atoms with Gasteiger partial charge in [-0.25, -0.2) is 9.18 Å². The normalized spacial score (nSPS) is 16.3. The number of nitrogens with zero attached hydrogens (tertiary/aromatic N) is 2. The highest BCUT2D eigenvalue weighted by Crippen LogP contribution is 2.28. The Labute approximate surface area is 148 Å². The molecule has 8 heteroatoms. The molecule has 1 unspecified atom stereocenters. The molecule has 7 nitrogen and oxygen atoms in total. The van der Waals surface area contributed by atoms with Crippen molar-refractivity contribution in [3.8, 4) is 11.1 Å². The monoisotopic (exact) mass is 357 g/mol. The van der Waals surface area contributed by atoms with E-state index < -0.39 is 18.0 Å². The highest BCUT2D eigenvalue weighted by Gasteiger charge is 2.32. The van der Waals surface area contributed by atoms with E-state index in [-0.39, 0.29) is 24.7 Å². The topological polar surface area (TPSA) is 88.6 Å². The Balaban J connectivity index is 1.77. The Hall–Kier alpha value is -3.29. The van der Waals surface area contributed by atoms with E-state index in [1.165, 1.54) is 36.2 Å². The Morgan fingerprint density at radius 2 is 2.23 bits per heavy atom. The van der Waals surface area contributed by atoms with E-state index in [1.807, 2.05) is 0 Å². The number of aromatic nitrogens is 1. The van der Waals surface area contributed by atoms with Gasteiger partial charge in [0.25, 0.3) is 0 Å². The summed E-state index contributed by atoms with van der Waals surface area (Å²) in [4.78, 5) is 38.8. The van der Waals surface area contributed by atoms with Gasteiger partial charge in [-0.15, -0.1) is 0 Å². The lowest BCUT2D eigenvalue weighted by Crippen LogP contribution is -2.33. The summed E-state index contributed by atoms with van der Waals surface area (Å²) in [6, 6.07) is 7.48. The largest absolute Gasteiger partial charge is 0.442 e. The number of hydrogen-bond acceptors (Lipinski definition) is 5. The molecule has 1 N–H and O–H groups in total. The van der Waals surface area contributed by atoms with Crippen LogP contribution in [0.15, 0.2) is 36.5 Å². The SMILES string of the molecule is CC(=O)NCC1CN(c2ccc(-c3ccc(C=O)nc3)c(F)c2)C(=O)O1. The fraction of sp³-hybridized carbons (Fsp3) is 0.222. The molecule has 3 rings (SSSR count). The van der Waals surface area contributed by atoms with Crippen LogP contribution in [0.5, 0.6) is 0 Å². The van der Waals surface area contributed by atoms with Crippen molar-refractivity contribution in [2.45, 2.75) is 13.0 Å². The van der Waals surface area contributed by atoms with Gasteiger partial charge in [-0.3, -0.25) is 19.5 Å². The molecular formula is C18H16FN3O4. The van der Waals surface area contributed by atoms with Crippen LogP contribution in [0.1, 0.15) is 17.4 Å². The Kier molecular flexibility index (Phi) is 4.92. The van der Waals surface area contributed by atoms with Gasteiger partial charge in [0.2, 0.25) is 5.91 Å². The first kappa shape index (κ1) is 17.5. The predicted octanol–water partition coefficient (Wildman–Crippen LogP) is 2.16. The molecular weight excluding hydrogens is 341 g/mol. The number of cyclic esters (lactones) is 1. The minimum Gasteiger partial charge on any atom is -0.442 e. The van der Waals surface area contributed by atoms with E-state index in [4.69, 9.17) is 4.74 Å². The fourth-order valence-electron chi connectivity index (χ4n) is 2.64. The second-order valence-corrected chi connectivity index (χ2v) is 5.81. The maximum Gasteiger partial charge on any atom is 0.414 e. The number of nitrogens with one attached hydrogen (secondary N) is 1. The number of benzene rings is 1. The maximum atomic E-state index is 14.5. The average Bonchev–Trinajstić information content (AvgIpc) is 3.01. The molecule has 2 heterocycles. The van der Waals surface area contributed by atoms with E-state index in [1.54, 1.807) is 12.1 Å². The molecule has 1 fully saturated rings. The predicted molar refractivity (Wildman–Crippen MR) is 91.3 cm³/mol. The number of carbonyl (C=O) groups excluding carboxylic acids is 3. The van der Waals surface area contributed by atoms with Crippen LogP contribution in [0.3, 0.4) is 0 Å². The molecule has 1 aliphatic heterocycles. The van der Waals surface area contributed by atoms with Gasteiger partial charge in [-0.1, -0.05) is 6.07 Å². The lowest BCUT2D eigenvalue weighted by Gasteiger charge is -2.14. The molecule has 0 bridgehead atoms. The molecule has 0 saturated carbocycles. The second kappa shape index (κ2) is 7.30. The minimum absolute atomic E-state index is 0.201. The van der Waals surface area contributed by atoms with Gasteiger partial charge in [0.05, 0.1) is 18.8 Å². The quantitative estimate of drug-likeness (QED) is 0.829. The number of aldehydes is 1. The number of carbonyl (C=O) groups is 3. The van der Waals surface area contributed by atoms with E-state index in [0.29, 0.717) is 23.1 Å². The van der Waals surface area contributed by atoms with Gasteiger partial charge in [-0.2, -0.15) is 0 Å². The average molecular weight is 357 g/mol. The lowest BCUT2D eigenvalue weighted by atomic mass is 10.1. The molecule has 1 aromatic carbocycles. The zero-order chi connectivity index (χ0) is 18.7. The second-order valence-electron chi connectivity index (χ2n) is 5.81. The van der Waals surface area contributed by atoms with Gasteiger partial charge in [0, 0.05) is 24.2 Å². The van der Waals surface area contributed by atoms with Gasteiger partial charge in [-0.05, 0) is 24.3 Å². The summed E-state index contributed by atoms with van der Waals surface area (Å²) < 4.78 is 19.7. The van der Waals surface area contributed by atoms with Crippen LogP contribution in [0.25, 0.3) is 11.1 Å². The van der Waals surface area contributed by atoms with Crippen molar-refractivity contribution in [2.75, 3.05) is 18.0 Å². The molecule has 0 spiro atoms. The van der Waals surface area contributed by atoms with Crippen LogP contribution in [-0.4, -0.2) is 42.5 Å². The van der Waals surface area contributed by atoms with E-state index in [0.717, 1.165) is 0 Å². The van der Waals surface area contributed by atoms with E-state index in [9.17, 15) is 18.8 Å². The molecule has 1 aromatic heterocycles. The molecule has 2 amide bonds. The number of anilines is 1. The standard InChI is InChI=1S/C18H16FN3O4/c1-11(24)20-8-15-9-22(18(25)26-15)14-4-5-16(17(19)6-14)12-2-3-13(10-23)21-7-12/h2-7,10,15H,8-9H2,1H3,(H,20,24). The van der Waals surface area contributed by atoms with Crippen LogP contribution >= 0.6 is 0 Å². The van der Waals surface area contributed by atoms with Gasteiger partial charge < -0.3 is 10.1 Å². The zero-order valence-electron chi connectivity index (χ0n) is 13.9. The summed E-state index contributed by atoms with van der Waals surface area (Å²) in [5.41, 5.74) is 1.45. The first-order valence-electron chi connectivity index (χ1n) is 7.91. The summed E-state index contributed by atoms with van der Waals surface area (Å²) in [5.74, 6) is -0.745. The van der Waals surface area contributed by atoms with Crippen molar-refractivity contribution in [1.82, 2.24) is 10.3 Å². The first-order valence-corrected chi connectivity index (χ1v) is 7.91. The van der Waals surface area contributed by atoms with Crippen molar-refractivity contribution in [3.63, 3.8) is 0 Å². The summed E-state index contributed by atoms with van der Waals surface area (Å²) in [5, 5.41) is 2.58.